The number of epoxide rings is 2. The lowest BCUT2D eigenvalue weighted by molar-refractivity contribution is 0.0302. The summed E-state index contributed by atoms with van der Waals surface area (Å²) in [6.45, 7) is 3.93. The Morgan fingerprint density at radius 2 is 2.18 bits per heavy atom. The Kier molecular flexibility index (Phi) is 3.69. The third kappa shape index (κ3) is 3.43. The first kappa shape index (κ1) is 11.9. The Labute approximate surface area is 104 Å². The molecule has 2 saturated heterocycles. The van der Waals surface area contributed by atoms with E-state index in [-0.39, 0.29) is 0 Å². The van der Waals surface area contributed by atoms with Gasteiger partial charge in [-0.2, -0.15) is 0 Å². The van der Waals surface area contributed by atoms with Gasteiger partial charge in [0.1, 0.15) is 6.10 Å². The van der Waals surface area contributed by atoms with Gasteiger partial charge in [-0.15, -0.1) is 0 Å². The zero-order valence-corrected chi connectivity index (χ0v) is 10.8. The van der Waals surface area contributed by atoms with Crippen LogP contribution in [0.15, 0.2) is 0 Å². The predicted octanol–water partition coefficient (Wildman–Crippen LogP) is 2.53. The van der Waals surface area contributed by atoms with Crippen molar-refractivity contribution in [3.8, 4) is 0 Å². The van der Waals surface area contributed by atoms with Crippen LogP contribution in [0.2, 0.25) is 0 Å². The molecule has 17 heavy (non-hydrogen) atoms. The van der Waals surface area contributed by atoms with E-state index in [9.17, 15) is 0 Å². The molecule has 3 heteroatoms. The second-order valence-corrected chi connectivity index (χ2v) is 5.79. The molecule has 0 N–H and O–H groups in total. The van der Waals surface area contributed by atoms with Crippen molar-refractivity contribution in [1.29, 1.82) is 0 Å². The lowest BCUT2D eigenvalue weighted by Gasteiger charge is -2.22. The van der Waals surface area contributed by atoms with Gasteiger partial charge in [-0.05, 0) is 44.4 Å². The summed E-state index contributed by atoms with van der Waals surface area (Å²) in [7, 11) is 0. The summed E-state index contributed by atoms with van der Waals surface area (Å²) in [5.41, 5.74) is 0. The van der Waals surface area contributed by atoms with E-state index in [4.69, 9.17) is 14.2 Å². The van der Waals surface area contributed by atoms with Crippen molar-refractivity contribution in [2.24, 2.45) is 5.92 Å². The Hall–Kier alpha value is -0.120. The minimum absolute atomic E-state index is 0.402. The van der Waals surface area contributed by atoms with Crippen LogP contribution < -0.4 is 0 Å². The van der Waals surface area contributed by atoms with Gasteiger partial charge in [-0.1, -0.05) is 6.92 Å². The van der Waals surface area contributed by atoms with Crippen molar-refractivity contribution >= 4 is 0 Å². The van der Waals surface area contributed by atoms with Crippen LogP contribution in [0.4, 0.5) is 0 Å². The average molecular weight is 240 g/mol. The minimum Gasteiger partial charge on any atom is -0.375 e. The Balaban J connectivity index is 1.32. The summed E-state index contributed by atoms with van der Waals surface area (Å²) in [6.07, 6.45) is 9.71. The molecule has 1 saturated carbocycles. The molecule has 2 aliphatic heterocycles. The fourth-order valence-corrected chi connectivity index (χ4v) is 2.98. The number of hydrogen-bond donors (Lipinski definition) is 0. The van der Waals surface area contributed by atoms with E-state index in [1.54, 1.807) is 0 Å². The first-order valence-electron chi connectivity index (χ1n) is 7.23. The number of fused-ring (bicyclic) bond motifs is 1. The molecule has 0 aromatic rings. The number of rotatable bonds is 7. The molecular weight excluding hydrogens is 216 g/mol. The van der Waals surface area contributed by atoms with E-state index in [0.717, 1.165) is 25.6 Å². The Morgan fingerprint density at radius 3 is 2.88 bits per heavy atom. The van der Waals surface area contributed by atoms with Crippen molar-refractivity contribution < 1.29 is 14.2 Å². The second-order valence-electron chi connectivity index (χ2n) is 5.79. The molecule has 3 fully saturated rings. The number of ether oxygens (including phenoxy) is 3. The molecule has 0 spiro atoms. The molecule has 98 valence electrons. The summed E-state index contributed by atoms with van der Waals surface area (Å²) in [4.78, 5) is 0. The first-order chi connectivity index (χ1) is 8.35. The van der Waals surface area contributed by atoms with Gasteiger partial charge in [0.15, 0.2) is 0 Å². The zero-order chi connectivity index (χ0) is 11.7. The molecule has 1 aliphatic carbocycles. The molecule has 0 bridgehead atoms. The van der Waals surface area contributed by atoms with Gasteiger partial charge < -0.3 is 14.2 Å². The summed E-state index contributed by atoms with van der Waals surface area (Å²) in [5, 5.41) is 0. The van der Waals surface area contributed by atoms with Crippen LogP contribution in [0.1, 0.15) is 45.4 Å². The van der Waals surface area contributed by atoms with Crippen molar-refractivity contribution in [2.75, 3.05) is 13.2 Å². The molecule has 5 unspecified atom stereocenters. The van der Waals surface area contributed by atoms with Crippen LogP contribution in [0.25, 0.3) is 0 Å². The SMILES string of the molecule is CCC(CCC1CCC2OC2C1)OCC1CO1. The summed E-state index contributed by atoms with van der Waals surface area (Å²) < 4.78 is 16.6. The van der Waals surface area contributed by atoms with E-state index in [1.165, 1.54) is 32.1 Å². The predicted molar refractivity (Wildman–Crippen MR) is 65.0 cm³/mol. The zero-order valence-electron chi connectivity index (χ0n) is 10.8. The van der Waals surface area contributed by atoms with E-state index in [2.05, 4.69) is 6.92 Å². The van der Waals surface area contributed by atoms with Crippen LogP contribution in [0.5, 0.6) is 0 Å². The Bertz CT molecular complexity index is 252. The fraction of sp³-hybridized carbons (Fsp3) is 1.00. The molecule has 0 aromatic heterocycles. The molecule has 5 atom stereocenters. The highest BCUT2D eigenvalue weighted by Gasteiger charge is 2.43. The normalized spacial score (nSPS) is 40.8. The lowest BCUT2D eigenvalue weighted by Crippen LogP contribution is -2.19. The van der Waals surface area contributed by atoms with E-state index in [1.807, 2.05) is 0 Å². The summed E-state index contributed by atoms with van der Waals surface area (Å²) >= 11 is 0. The smallest absolute Gasteiger partial charge is 0.104 e. The van der Waals surface area contributed by atoms with E-state index < -0.39 is 0 Å². The lowest BCUT2D eigenvalue weighted by atomic mass is 9.85. The van der Waals surface area contributed by atoms with Gasteiger partial charge >= 0.3 is 0 Å². The highest BCUT2D eigenvalue weighted by molar-refractivity contribution is 4.91. The van der Waals surface area contributed by atoms with E-state index >= 15 is 0 Å². The minimum atomic E-state index is 0.402. The molecule has 2 heterocycles. The summed E-state index contributed by atoms with van der Waals surface area (Å²) in [6, 6.07) is 0. The van der Waals surface area contributed by atoms with Gasteiger partial charge in [-0.25, -0.2) is 0 Å². The summed E-state index contributed by atoms with van der Waals surface area (Å²) in [5.74, 6) is 0.883. The maximum atomic E-state index is 5.89. The monoisotopic (exact) mass is 240 g/mol. The maximum absolute atomic E-state index is 5.89. The molecule has 0 amide bonds. The van der Waals surface area contributed by atoms with Crippen LogP contribution in [0.3, 0.4) is 0 Å². The second kappa shape index (κ2) is 5.25. The topological polar surface area (TPSA) is 34.3 Å². The van der Waals surface area contributed by atoms with Gasteiger partial charge in [-0.3, -0.25) is 0 Å². The number of hydrogen-bond acceptors (Lipinski definition) is 3. The molecule has 3 rings (SSSR count). The maximum Gasteiger partial charge on any atom is 0.104 e. The van der Waals surface area contributed by atoms with Gasteiger partial charge in [0, 0.05) is 0 Å². The molecule has 3 aliphatic rings. The molecule has 3 nitrogen and oxygen atoms in total. The van der Waals surface area contributed by atoms with Crippen LogP contribution in [-0.4, -0.2) is 37.6 Å². The Morgan fingerprint density at radius 1 is 1.29 bits per heavy atom. The highest BCUT2D eigenvalue weighted by atomic mass is 16.6. The van der Waals surface area contributed by atoms with E-state index in [0.29, 0.717) is 24.4 Å². The standard InChI is InChI=1S/C14H24O3/c1-2-11(15-8-12-9-16-12)5-3-10-4-6-13-14(7-10)17-13/h10-14H,2-9H2,1H3. The quantitative estimate of drug-likeness (QED) is 0.641. The third-order valence-corrected chi connectivity index (χ3v) is 4.39. The van der Waals surface area contributed by atoms with Crippen LogP contribution >= 0.6 is 0 Å². The largest absolute Gasteiger partial charge is 0.375 e. The third-order valence-electron chi connectivity index (χ3n) is 4.39. The van der Waals surface area contributed by atoms with Crippen molar-refractivity contribution in [2.45, 2.75) is 69.9 Å². The van der Waals surface area contributed by atoms with Crippen LogP contribution in [0, 0.1) is 5.92 Å². The first-order valence-corrected chi connectivity index (χ1v) is 7.23. The molecule has 0 aromatic carbocycles. The van der Waals surface area contributed by atoms with Crippen molar-refractivity contribution in [3.63, 3.8) is 0 Å². The molecular formula is C14H24O3. The fourth-order valence-electron chi connectivity index (χ4n) is 2.98. The van der Waals surface area contributed by atoms with Gasteiger partial charge in [0.2, 0.25) is 0 Å². The van der Waals surface area contributed by atoms with Crippen LogP contribution in [-0.2, 0) is 14.2 Å². The van der Waals surface area contributed by atoms with Crippen molar-refractivity contribution in [3.05, 3.63) is 0 Å². The average Bonchev–Trinajstić information content (AvgIpc) is 3.23. The highest BCUT2D eigenvalue weighted by Crippen LogP contribution is 2.41. The van der Waals surface area contributed by atoms with Crippen molar-refractivity contribution in [1.82, 2.24) is 0 Å². The van der Waals surface area contributed by atoms with Gasteiger partial charge in [0.05, 0.1) is 31.5 Å². The molecule has 0 radical (unpaired) electrons. The van der Waals surface area contributed by atoms with Gasteiger partial charge in [0.25, 0.3) is 0 Å².